The van der Waals surface area contributed by atoms with Crippen LogP contribution in [0.15, 0.2) is 0 Å². The van der Waals surface area contributed by atoms with Crippen LogP contribution in [0.5, 0.6) is 0 Å². The molecule has 7 nitrogen and oxygen atoms in total. The maximum Gasteiger partial charge on any atom is 0.337 e. The Kier molecular flexibility index (Phi) is 6.60. The monoisotopic (exact) mass is 241 g/mol. The number of rotatable bonds is 5. The molecule has 0 aliphatic heterocycles. The maximum atomic E-state index is 10.2. The van der Waals surface area contributed by atoms with Crippen molar-refractivity contribution in [3.05, 3.63) is 0 Å². The molecule has 9 heteroatoms. The second-order valence-electron chi connectivity index (χ2n) is 2.17. The van der Waals surface area contributed by atoms with Crippen molar-refractivity contribution in [1.82, 2.24) is 10.4 Å². The summed E-state index contributed by atoms with van der Waals surface area (Å²) in [6.07, 6.45) is -0.461. The first kappa shape index (κ1) is 13.5. The summed E-state index contributed by atoms with van der Waals surface area (Å²) in [7, 11) is -1.68. The summed E-state index contributed by atoms with van der Waals surface area (Å²) in [5, 5.41) is 7.35. The van der Waals surface area contributed by atoms with Crippen LogP contribution in [0.3, 0.4) is 0 Å². The van der Waals surface area contributed by atoms with Gasteiger partial charge in [0.1, 0.15) is 6.23 Å². The van der Waals surface area contributed by atoms with Gasteiger partial charge in [-0.25, -0.2) is 5.48 Å². The molecule has 2 atom stereocenters. The van der Waals surface area contributed by atoms with Crippen molar-refractivity contribution in [3.63, 3.8) is 0 Å². The van der Waals surface area contributed by atoms with Crippen LogP contribution in [0.4, 0.5) is 0 Å². The van der Waals surface area contributed by atoms with E-state index < -0.39 is 14.5 Å². The fourth-order valence-electron chi connectivity index (χ4n) is 0.578. The van der Waals surface area contributed by atoms with Crippen LogP contribution in [0, 0.1) is 5.41 Å². The van der Waals surface area contributed by atoms with E-state index in [9.17, 15) is 4.57 Å². The van der Waals surface area contributed by atoms with Crippen LogP contribution in [0.2, 0.25) is 0 Å². The number of nitrogens with one attached hydrogen (secondary N) is 2. The molecular weight excluding hydrogens is 229 g/mol. The molecule has 0 aromatic carbocycles. The Morgan fingerprint density at radius 1 is 1.86 bits per heavy atom. The zero-order chi connectivity index (χ0) is 11.1. The predicted octanol–water partition coefficient (Wildman–Crippen LogP) is 0.0760. The molecule has 0 heterocycles. The highest BCUT2D eigenvalue weighted by atomic mass is 32.1. The molecule has 0 saturated carbocycles. The van der Waals surface area contributed by atoms with Gasteiger partial charge in [-0.05, 0) is 6.92 Å². The number of ether oxygens (including phenoxy) is 1. The van der Waals surface area contributed by atoms with Crippen LogP contribution < -0.4 is 5.48 Å². The van der Waals surface area contributed by atoms with E-state index in [2.05, 4.69) is 16.8 Å². The molecule has 0 aliphatic rings. The Balaban J connectivity index is 4.17. The molecule has 0 amide bonds. The molecule has 14 heavy (non-hydrogen) atoms. The summed E-state index contributed by atoms with van der Waals surface area (Å²) in [4.78, 5) is 9.54. The zero-order valence-electron chi connectivity index (χ0n) is 7.68. The Hall–Kier alpha value is -0.530. The Morgan fingerprint density at radius 2 is 2.43 bits per heavy atom. The van der Waals surface area contributed by atoms with Crippen LogP contribution in [-0.4, -0.2) is 34.6 Å². The topological polar surface area (TPSA) is 94.9 Å². The first-order chi connectivity index (χ1) is 6.52. The van der Waals surface area contributed by atoms with Crippen LogP contribution >= 0.6 is 20.5 Å². The first-order valence-corrected chi connectivity index (χ1v) is 5.27. The van der Waals surface area contributed by atoms with Crippen molar-refractivity contribution < 1.29 is 18.8 Å². The lowest BCUT2D eigenvalue weighted by Crippen LogP contribution is -2.44. The number of hydrogen-bond acceptors (Lipinski definition) is 5. The summed E-state index contributed by atoms with van der Waals surface area (Å²) < 4.78 is 19.2. The summed E-state index contributed by atoms with van der Waals surface area (Å²) in [5.41, 5.74) is 3.13. The smallest absolute Gasteiger partial charge is 0.337 e. The van der Waals surface area contributed by atoms with Gasteiger partial charge in [0.05, 0.1) is 5.49 Å². The van der Waals surface area contributed by atoms with Crippen LogP contribution in [-0.2, 0) is 13.9 Å². The Labute approximate surface area is 87.4 Å². The van der Waals surface area contributed by atoms with Crippen molar-refractivity contribution in [3.8, 4) is 0 Å². The Bertz CT molecular complexity index is 239. The SMILES string of the molecule is COC(C)N(C=S)C(=N)NO[PH](=O)O. The average Bonchev–Trinajstić information content (AvgIpc) is 2.15. The normalized spacial score (nSPS) is 14.2. The molecule has 0 saturated heterocycles. The lowest BCUT2D eigenvalue weighted by Gasteiger charge is -2.24. The van der Waals surface area contributed by atoms with Gasteiger partial charge in [0.2, 0.25) is 5.96 Å². The largest absolute Gasteiger partial charge is 0.361 e. The first-order valence-electron chi connectivity index (χ1n) is 3.53. The van der Waals surface area contributed by atoms with Gasteiger partial charge in [0.25, 0.3) is 0 Å². The highest BCUT2D eigenvalue weighted by molar-refractivity contribution is 7.78. The second kappa shape index (κ2) is 6.86. The second-order valence-corrected chi connectivity index (χ2v) is 3.11. The summed E-state index contributed by atoms with van der Waals surface area (Å²) >= 11 is 4.62. The predicted molar refractivity (Wildman–Crippen MR) is 55.1 cm³/mol. The third-order valence-corrected chi connectivity index (χ3v) is 1.84. The van der Waals surface area contributed by atoms with Gasteiger partial charge in [-0.3, -0.25) is 14.9 Å². The molecule has 0 aromatic rings. The standard InChI is InChI=1S/C5H12N3O4PS/c1-4(11-2)8(3-14)5(6)7-12-13(9)10/h3-4,13H,1-2H3,(H2,6,7)(H,9,10). The van der Waals surface area contributed by atoms with Gasteiger partial charge in [-0.2, -0.15) is 4.62 Å². The minimum absolute atomic E-state index is 0.276. The van der Waals surface area contributed by atoms with E-state index in [1.165, 1.54) is 17.5 Å². The fraction of sp³-hybridized carbons (Fsp3) is 0.600. The molecular formula is C5H12N3O4PS. The van der Waals surface area contributed by atoms with Gasteiger partial charge in [0, 0.05) is 7.11 Å². The number of thiocarbonyl (C=S) groups is 1. The van der Waals surface area contributed by atoms with Gasteiger partial charge in [-0.15, -0.1) is 0 Å². The number of methoxy groups -OCH3 is 1. The van der Waals surface area contributed by atoms with Crippen molar-refractivity contribution in [2.45, 2.75) is 13.2 Å². The molecule has 0 fully saturated rings. The minimum atomic E-state index is -3.12. The molecule has 0 radical (unpaired) electrons. The van der Waals surface area contributed by atoms with E-state index in [1.54, 1.807) is 6.92 Å². The Morgan fingerprint density at radius 3 is 2.79 bits per heavy atom. The lowest BCUT2D eigenvalue weighted by atomic mass is 10.6. The van der Waals surface area contributed by atoms with Gasteiger partial charge in [0.15, 0.2) is 0 Å². The number of nitrogens with zero attached hydrogens (tertiary/aromatic N) is 1. The molecule has 0 aromatic heterocycles. The zero-order valence-corrected chi connectivity index (χ0v) is 9.50. The van der Waals surface area contributed by atoms with Gasteiger partial charge >= 0.3 is 8.25 Å². The number of hydroxylamine groups is 1. The van der Waals surface area contributed by atoms with E-state index in [4.69, 9.17) is 15.0 Å². The molecule has 0 bridgehead atoms. The number of guanidine groups is 1. The molecule has 3 N–H and O–H groups in total. The third-order valence-electron chi connectivity index (χ3n) is 1.34. The van der Waals surface area contributed by atoms with Gasteiger partial charge < -0.3 is 9.63 Å². The summed E-state index contributed by atoms with van der Waals surface area (Å²) in [6.45, 7) is 1.65. The summed E-state index contributed by atoms with van der Waals surface area (Å²) in [5.74, 6) is -0.276. The molecule has 0 rings (SSSR count). The molecule has 2 unspecified atom stereocenters. The van der Waals surface area contributed by atoms with E-state index >= 15 is 0 Å². The van der Waals surface area contributed by atoms with Crippen molar-refractivity contribution >= 4 is 31.9 Å². The van der Waals surface area contributed by atoms with Crippen molar-refractivity contribution in [1.29, 1.82) is 5.41 Å². The molecule has 0 spiro atoms. The third kappa shape index (κ3) is 4.64. The molecule has 0 aliphatic carbocycles. The number of hydrogen-bond donors (Lipinski definition) is 3. The average molecular weight is 241 g/mol. The van der Waals surface area contributed by atoms with E-state index in [-0.39, 0.29) is 5.96 Å². The summed E-state index contributed by atoms with van der Waals surface area (Å²) in [6, 6.07) is 0. The quantitative estimate of drug-likeness (QED) is 0.157. The van der Waals surface area contributed by atoms with E-state index in [0.717, 1.165) is 0 Å². The minimum Gasteiger partial charge on any atom is -0.361 e. The highest BCUT2D eigenvalue weighted by Crippen LogP contribution is 2.11. The molecule has 82 valence electrons. The van der Waals surface area contributed by atoms with Crippen LogP contribution in [0.25, 0.3) is 0 Å². The van der Waals surface area contributed by atoms with Crippen molar-refractivity contribution in [2.24, 2.45) is 0 Å². The highest BCUT2D eigenvalue weighted by Gasteiger charge is 2.14. The van der Waals surface area contributed by atoms with E-state index in [1.807, 2.05) is 5.48 Å². The maximum absolute atomic E-state index is 10.2. The van der Waals surface area contributed by atoms with Gasteiger partial charge in [-0.1, -0.05) is 12.2 Å². The lowest BCUT2D eigenvalue weighted by molar-refractivity contribution is 0.0515. The van der Waals surface area contributed by atoms with E-state index in [0.29, 0.717) is 0 Å². The fourth-order valence-corrected chi connectivity index (χ4v) is 1.04. The van der Waals surface area contributed by atoms with Crippen LogP contribution in [0.1, 0.15) is 6.92 Å². The van der Waals surface area contributed by atoms with Crippen molar-refractivity contribution in [2.75, 3.05) is 7.11 Å².